The molecule has 2 aromatic rings. The second kappa shape index (κ2) is 6.01. The number of nitrogens with zero attached hydrogens (tertiary/aromatic N) is 2. The van der Waals surface area contributed by atoms with Crippen molar-refractivity contribution >= 4 is 5.97 Å². The molecule has 0 aliphatic rings. The number of hydrogen-bond donors (Lipinski definition) is 0. The molecule has 0 aliphatic carbocycles. The first-order chi connectivity index (χ1) is 9.63. The SMILES string of the molecule is COC(=O)Cn1nc(-c2ccc(OC)cc2)ccc1=O. The molecule has 0 amide bonds. The van der Waals surface area contributed by atoms with E-state index >= 15 is 0 Å². The van der Waals surface area contributed by atoms with Crippen LogP contribution in [0, 0.1) is 0 Å². The molecule has 1 heterocycles. The summed E-state index contributed by atoms with van der Waals surface area (Å²) in [5.74, 6) is 0.211. The Morgan fingerprint density at radius 1 is 1.15 bits per heavy atom. The van der Waals surface area contributed by atoms with Crippen LogP contribution in [0.3, 0.4) is 0 Å². The van der Waals surface area contributed by atoms with Gasteiger partial charge in [-0.05, 0) is 30.3 Å². The van der Waals surface area contributed by atoms with Crippen LogP contribution in [0.1, 0.15) is 0 Å². The molecule has 0 spiro atoms. The summed E-state index contributed by atoms with van der Waals surface area (Å²) in [5.41, 5.74) is 1.06. The Morgan fingerprint density at radius 3 is 2.45 bits per heavy atom. The van der Waals surface area contributed by atoms with Gasteiger partial charge in [-0.15, -0.1) is 0 Å². The number of ether oxygens (including phenoxy) is 2. The van der Waals surface area contributed by atoms with Gasteiger partial charge in [-0.2, -0.15) is 5.10 Å². The normalized spacial score (nSPS) is 10.1. The van der Waals surface area contributed by atoms with Crippen molar-refractivity contribution in [1.82, 2.24) is 9.78 Å². The summed E-state index contributed by atoms with van der Waals surface area (Å²) in [6.45, 7) is -0.209. The van der Waals surface area contributed by atoms with E-state index in [1.165, 1.54) is 13.2 Å². The molecule has 20 heavy (non-hydrogen) atoms. The van der Waals surface area contributed by atoms with E-state index in [9.17, 15) is 9.59 Å². The molecule has 0 bridgehead atoms. The highest BCUT2D eigenvalue weighted by molar-refractivity contribution is 5.69. The second-order valence-electron chi connectivity index (χ2n) is 4.02. The number of carbonyl (C=O) groups is 1. The molecule has 1 aromatic carbocycles. The number of hydrogen-bond acceptors (Lipinski definition) is 5. The van der Waals surface area contributed by atoms with E-state index < -0.39 is 5.97 Å². The Morgan fingerprint density at radius 2 is 1.85 bits per heavy atom. The molecule has 0 aliphatic heterocycles. The van der Waals surface area contributed by atoms with Crippen molar-refractivity contribution in [2.45, 2.75) is 6.54 Å². The van der Waals surface area contributed by atoms with Crippen molar-refractivity contribution in [3.05, 3.63) is 46.8 Å². The molecule has 0 saturated heterocycles. The third-order valence-corrected chi connectivity index (χ3v) is 2.76. The molecule has 0 fully saturated rings. The molecule has 0 unspecified atom stereocenters. The fraction of sp³-hybridized carbons (Fsp3) is 0.214. The molecule has 0 radical (unpaired) electrons. The van der Waals surface area contributed by atoms with Gasteiger partial charge < -0.3 is 9.47 Å². The standard InChI is InChI=1S/C14H14N2O4/c1-19-11-5-3-10(4-6-11)12-7-8-13(17)16(15-12)9-14(18)20-2/h3-8H,9H2,1-2H3. The van der Waals surface area contributed by atoms with Gasteiger partial charge in [0.1, 0.15) is 12.3 Å². The number of methoxy groups -OCH3 is 2. The van der Waals surface area contributed by atoms with Crippen LogP contribution in [0.4, 0.5) is 0 Å². The lowest BCUT2D eigenvalue weighted by atomic mass is 10.1. The van der Waals surface area contributed by atoms with E-state index in [2.05, 4.69) is 9.84 Å². The third kappa shape index (κ3) is 3.03. The Kier molecular flexibility index (Phi) is 4.14. The summed E-state index contributed by atoms with van der Waals surface area (Å²) in [7, 11) is 2.85. The summed E-state index contributed by atoms with van der Waals surface area (Å²) in [5, 5.41) is 4.15. The van der Waals surface area contributed by atoms with E-state index in [1.807, 2.05) is 12.1 Å². The zero-order valence-electron chi connectivity index (χ0n) is 11.2. The number of carbonyl (C=O) groups excluding carboxylic acids is 1. The van der Waals surface area contributed by atoms with Crippen LogP contribution in [0.15, 0.2) is 41.2 Å². The zero-order chi connectivity index (χ0) is 14.5. The average molecular weight is 274 g/mol. The molecule has 0 atom stereocenters. The van der Waals surface area contributed by atoms with Crippen LogP contribution in [-0.2, 0) is 16.1 Å². The van der Waals surface area contributed by atoms with E-state index in [0.29, 0.717) is 5.69 Å². The van der Waals surface area contributed by atoms with Crippen LogP contribution in [0.2, 0.25) is 0 Å². The number of aromatic nitrogens is 2. The Balaban J connectivity index is 2.34. The first-order valence-corrected chi connectivity index (χ1v) is 5.93. The molecule has 6 nitrogen and oxygen atoms in total. The van der Waals surface area contributed by atoms with Crippen LogP contribution < -0.4 is 10.3 Å². The van der Waals surface area contributed by atoms with Gasteiger partial charge in [0.25, 0.3) is 5.56 Å². The minimum atomic E-state index is -0.522. The van der Waals surface area contributed by atoms with E-state index in [4.69, 9.17) is 4.74 Å². The highest BCUT2D eigenvalue weighted by Crippen LogP contribution is 2.19. The summed E-state index contributed by atoms with van der Waals surface area (Å²) >= 11 is 0. The predicted octanol–water partition coefficient (Wildman–Crippen LogP) is 1.09. The first-order valence-electron chi connectivity index (χ1n) is 5.93. The third-order valence-electron chi connectivity index (χ3n) is 2.76. The van der Waals surface area contributed by atoms with E-state index in [-0.39, 0.29) is 12.1 Å². The average Bonchev–Trinajstić information content (AvgIpc) is 2.49. The number of esters is 1. The molecule has 0 saturated carbocycles. The maximum absolute atomic E-state index is 11.6. The van der Waals surface area contributed by atoms with Crippen LogP contribution in [-0.4, -0.2) is 30.0 Å². The highest BCUT2D eigenvalue weighted by Gasteiger charge is 2.07. The Hall–Kier alpha value is -2.63. The van der Waals surface area contributed by atoms with Gasteiger partial charge in [0.15, 0.2) is 0 Å². The van der Waals surface area contributed by atoms with E-state index in [1.54, 1.807) is 25.3 Å². The smallest absolute Gasteiger partial charge is 0.327 e. The van der Waals surface area contributed by atoms with Gasteiger partial charge >= 0.3 is 5.97 Å². The van der Waals surface area contributed by atoms with Gasteiger partial charge in [0.2, 0.25) is 0 Å². The van der Waals surface area contributed by atoms with Crippen LogP contribution in [0.25, 0.3) is 11.3 Å². The fourth-order valence-electron chi connectivity index (χ4n) is 1.66. The molecule has 0 N–H and O–H groups in total. The van der Waals surface area contributed by atoms with Crippen LogP contribution >= 0.6 is 0 Å². The maximum Gasteiger partial charge on any atom is 0.327 e. The molecular formula is C14H14N2O4. The lowest BCUT2D eigenvalue weighted by Gasteiger charge is -2.06. The zero-order valence-corrected chi connectivity index (χ0v) is 11.2. The van der Waals surface area contributed by atoms with Gasteiger partial charge in [0, 0.05) is 11.6 Å². The summed E-state index contributed by atoms with van der Waals surface area (Å²) in [4.78, 5) is 22.9. The molecule has 1 aromatic heterocycles. The minimum Gasteiger partial charge on any atom is -0.497 e. The van der Waals surface area contributed by atoms with Crippen molar-refractivity contribution in [3.63, 3.8) is 0 Å². The topological polar surface area (TPSA) is 70.4 Å². The summed E-state index contributed by atoms with van der Waals surface area (Å²) in [6.07, 6.45) is 0. The molecule has 104 valence electrons. The monoisotopic (exact) mass is 274 g/mol. The van der Waals surface area contributed by atoms with Gasteiger partial charge in [-0.1, -0.05) is 0 Å². The van der Waals surface area contributed by atoms with Gasteiger partial charge in [0.05, 0.1) is 19.9 Å². The highest BCUT2D eigenvalue weighted by atomic mass is 16.5. The lowest BCUT2D eigenvalue weighted by molar-refractivity contribution is -0.141. The first kappa shape index (κ1) is 13.8. The van der Waals surface area contributed by atoms with Crippen LogP contribution in [0.5, 0.6) is 5.75 Å². The van der Waals surface area contributed by atoms with Crippen molar-refractivity contribution in [2.24, 2.45) is 0 Å². The Bertz CT molecular complexity index is 662. The predicted molar refractivity (Wildman–Crippen MR) is 72.5 cm³/mol. The van der Waals surface area contributed by atoms with Gasteiger partial charge in [-0.3, -0.25) is 9.59 Å². The maximum atomic E-state index is 11.6. The molecular weight excluding hydrogens is 260 g/mol. The van der Waals surface area contributed by atoms with E-state index in [0.717, 1.165) is 16.0 Å². The molecule has 6 heteroatoms. The van der Waals surface area contributed by atoms with Crippen molar-refractivity contribution in [2.75, 3.05) is 14.2 Å². The van der Waals surface area contributed by atoms with Crippen molar-refractivity contribution in [1.29, 1.82) is 0 Å². The molecule has 2 rings (SSSR count). The van der Waals surface area contributed by atoms with Crippen molar-refractivity contribution in [3.8, 4) is 17.0 Å². The Labute approximate surface area is 115 Å². The second-order valence-corrected chi connectivity index (χ2v) is 4.02. The quantitative estimate of drug-likeness (QED) is 0.781. The summed E-state index contributed by atoms with van der Waals surface area (Å²) < 4.78 is 10.7. The van der Waals surface area contributed by atoms with Gasteiger partial charge in [-0.25, -0.2) is 4.68 Å². The lowest BCUT2D eigenvalue weighted by Crippen LogP contribution is -2.26. The largest absolute Gasteiger partial charge is 0.497 e. The minimum absolute atomic E-state index is 0.209. The van der Waals surface area contributed by atoms with Crippen molar-refractivity contribution < 1.29 is 14.3 Å². The number of rotatable bonds is 4. The summed E-state index contributed by atoms with van der Waals surface area (Å²) in [6, 6.07) is 10.2. The fourth-order valence-corrected chi connectivity index (χ4v) is 1.66. The number of benzene rings is 1.